The lowest BCUT2D eigenvalue weighted by Gasteiger charge is -2.17. The third-order valence-corrected chi connectivity index (χ3v) is 1.75. The summed E-state index contributed by atoms with van der Waals surface area (Å²) in [5.41, 5.74) is 0.466. The monoisotopic (exact) mass is 176 g/mol. The van der Waals surface area contributed by atoms with Crippen LogP contribution in [0.3, 0.4) is 0 Å². The zero-order chi connectivity index (χ0) is 9.26. The van der Waals surface area contributed by atoms with Crippen LogP contribution >= 0.6 is 0 Å². The van der Waals surface area contributed by atoms with Crippen molar-refractivity contribution in [2.45, 2.75) is 6.92 Å². The molecule has 1 aromatic rings. The molecule has 3 nitrogen and oxygen atoms in total. The van der Waals surface area contributed by atoms with Gasteiger partial charge in [0.15, 0.2) is 0 Å². The van der Waals surface area contributed by atoms with E-state index in [1.807, 2.05) is 6.07 Å². The second-order valence-electron chi connectivity index (χ2n) is 2.60. The molecular weight excluding hydrogens is 168 g/mol. The van der Waals surface area contributed by atoms with Gasteiger partial charge in [0.2, 0.25) is 0 Å². The van der Waals surface area contributed by atoms with Gasteiger partial charge in [-0.3, -0.25) is 0 Å². The first-order valence-corrected chi connectivity index (χ1v) is 3.96. The van der Waals surface area contributed by atoms with Crippen LogP contribution < -0.4 is 4.74 Å². The van der Waals surface area contributed by atoms with Crippen LogP contribution in [-0.4, -0.2) is 5.97 Å². The number of hydrogen-bond acceptors (Lipinski definition) is 3. The maximum atomic E-state index is 11.3. The Balaban J connectivity index is 2.48. The highest BCUT2D eigenvalue weighted by Gasteiger charge is 2.22. The lowest BCUT2D eigenvalue weighted by Crippen LogP contribution is -2.16. The molecule has 0 N–H and O–H groups in total. The summed E-state index contributed by atoms with van der Waals surface area (Å²) in [7, 11) is 0. The van der Waals surface area contributed by atoms with Crippen molar-refractivity contribution in [3.63, 3.8) is 0 Å². The number of hydrogen-bond donors (Lipinski definition) is 0. The first kappa shape index (κ1) is 7.86. The molecule has 1 aliphatic rings. The summed E-state index contributed by atoms with van der Waals surface area (Å²) in [5, 5.41) is 0. The number of esters is 1. The molecule has 0 radical (unpaired) electrons. The standard InChI is InChI=1S/C10H8O3/c1-2-9-12-8-6-4-3-5-7(8)10(11)13-9/h2-6H,1H3/b9-2-. The van der Waals surface area contributed by atoms with Gasteiger partial charge in [0.1, 0.15) is 11.3 Å². The highest BCUT2D eigenvalue weighted by Crippen LogP contribution is 2.26. The number of ether oxygens (including phenoxy) is 2. The molecule has 0 aliphatic carbocycles. The lowest BCUT2D eigenvalue weighted by molar-refractivity contribution is 0.0407. The van der Waals surface area contributed by atoms with E-state index in [-0.39, 0.29) is 11.9 Å². The zero-order valence-electron chi connectivity index (χ0n) is 7.11. The largest absolute Gasteiger partial charge is 0.425 e. The molecule has 2 rings (SSSR count). The van der Waals surface area contributed by atoms with Gasteiger partial charge in [-0.05, 0) is 25.1 Å². The molecule has 0 saturated carbocycles. The highest BCUT2D eigenvalue weighted by molar-refractivity contribution is 5.94. The van der Waals surface area contributed by atoms with Crippen LogP contribution in [0, 0.1) is 0 Å². The molecule has 0 unspecified atom stereocenters. The predicted molar refractivity (Wildman–Crippen MR) is 46.2 cm³/mol. The topological polar surface area (TPSA) is 35.5 Å². The van der Waals surface area contributed by atoms with Gasteiger partial charge in [-0.25, -0.2) is 4.79 Å². The SMILES string of the molecule is C/C=C1\OC(=O)c2ccccc2O1. The fourth-order valence-electron chi connectivity index (χ4n) is 1.12. The molecule has 1 aliphatic heterocycles. The molecule has 0 atom stereocenters. The van der Waals surface area contributed by atoms with Crippen molar-refractivity contribution in [2.24, 2.45) is 0 Å². The molecule has 0 fully saturated rings. The van der Waals surface area contributed by atoms with Gasteiger partial charge in [-0.2, -0.15) is 0 Å². The summed E-state index contributed by atoms with van der Waals surface area (Å²) in [5.74, 6) is 0.422. The van der Waals surface area contributed by atoms with Crippen molar-refractivity contribution >= 4 is 5.97 Å². The average molecular weight is 176 g/mol. The number of para-hydroxylation sites is 1. The molecule has 66 valence electrons. The molecule has 1 aromatic carbocycles. The number of cyclic esters (lactones) is 1. The molecule has 0 aromatic heterocycles. The summed E-state index contributed by atoms with van der Waals surface area (Å²) < 4.78 is 10.1. The lowest BCUT2D eigenvalue weighted by atomic mass is 10.2. The second-order valence-corrected chi connectivity index (χ2v) is 2.60. The van der Waals surface area contributed by atoms with Crippen molar-refractivity contribution in [3.8, 4) is 5.75 Å². The van der Waals surface area contributed by atoms with Crippen LogP contribution in [-0.2, 0) is 4.74 Å². The van der Waals surface area contributed by atoms with Crippen LogP contribution in [0.1, 0.15) is 17.3 Å². The average Bonchev–Trinajstić information content (AvgIpc) is 2.18. The molecule has 0 bridgehead atoms. The van der Waals surface area contributed by atoms with E-state index in [2.05, 4.69) is 0 Å². The minimum absolute atomic E-state index is 0.240. The predicted octanol–water partition coefficient (Wildman–Crippen LogP) is 2.10. The van der Waals surface area contributed by atoms with Gasteiger partial charge in [-0.1, -0.05) is 12.1 Å². The first-order chi connectivity index (χ1) is 6.31. The van der Waals surface area contributed by atoms with E-state index in [1.165, 1.54) is 0 Å². The van der Waals surface area contributed by atoms with Crippen LogP contribution in [0.2, 0.25) is 0 Å². The van der Waals surface area contributed by atoms with E-state index >= 15 is 0 Å². The van der Waals surface area contributed by atoms with Crippen molar-refractivity contribution in [1.82, 2.24) is 0 Å². The first-order valence-electron chi connectivity index (χ1n) is 3.96. The molecule has 0 spiro atoms. The third kappa shape index (κ3) is 1.28. The Morgan fingerprint density at radius 1 is 1.23 bits per heavy atom. The van der Waals surface area contributed by atoms with Crippen molar-refractivity contribution < 1.29 is 14.3 Å². The van der Waals surface area contributed by atoms with Gasteiger partial charge >= 0.3 is 5.97 Å². The molecule has 0 amide bonds. The van der Waals surface area contributed by atoms with Gasteiger partial charge in [0.25, 0.3) is 5.95 Å². The van der Waals surface area contributed by atoms with Gasteiger partial charge in [0.05, 0.1) is 0 Å². The van der Waals surface area contributed by atoms with Crippen molar-refractivity contribution in [1.29, 1.82) is 0 Å². The number of carbonyl (C=O) groups excluding carboxylic acids is 1. The normalized spacial score (nSPS) is 17.6. The van der Waals surface area contributed by atoms with Gasteiger partial charge < -0.3 is 9.47 Å². The Morgan fingerprint density at radius 2 is 2.00 bits per heavy atom. The van der Waals surface area contributed by atoms with E-state index in [4.69, 9.17) is 9.47 Å². The quantitative estimate of drug-likeness (QED) is 0.568. The Morgan fingerprint density at radius 3 is 2.77 bits per heavy atom. The number of fused-ring (bicyclic) bond motifs is 1. The van der Waals surface area contributed by atoms with Crippen LogP contribution in [0.15, 0.2) is 36.3 Å². The fraction of sp³-hybridized carbons (Fsp3) is 0.100. The number of allylic oxidation sites excluding steroid dienone is 1. The number of benzene rings is 1. The number of carbonyl (C=O) groups is 1. The van der Waals surface area contributed by atoms with Crippen LogP contribution in [0.25, 0.3) is 0 Å². The fourth-order valence-corrected chi connectivity index (χ4v) is 1.12. The Kier molecular flexibility index (Phi) is 1.77. The zero-order valence-corrected chi connectivity index (χ0v) is 7.11. The van der Waals surface area contributed by atoms with E-state index in [0.717, 1.165) is 0 Å². The molecule has 0 saturated heterocycles. The van der Waals surface area contributed by atoms with Crippen LogP contribution in [0.5, 0.6) is 5.75 Å². The molecule has 13 heavy (non-hydrogen) atoms. The Hall–Kier alpha value is -1.77. The van der Waals surface area contributed by atoms with Crippen molar-refractivity contribution in [3.05, 3.63) is 41.9 Å². The molecule has 1 heterocycles. The minimum atomic E-state index is -0.366. The summed E-state index contributed by atoms with van der Waals surface area (Å²) in [6.07, 6.45) is 1.60. The van der Waals surface area contributed by atoms with Crippen LogP contribution in [0.4, 0.5) is 0 Å². The van der Waals surface area contributed by atoms with Crippen molar-refractivity contribution in [2.75, 3.05) is 0 Å². The third-order valence-electron chi connectivity index (χ3n) is 1.75. The summed E-state index contributed by atoms with van der Waals surface area (Å²) in [6.45, 7) is 1.75. The molecule has 3 heteroatoms. The number of rotatable bonds is 0. The maximum Gasteiger partial charge on any atom is 0.349 e. The van der Waals surface area contributed by atoms with Gasteiger partial charge in [-0.15, -0.1) is 0 Å². The van der Waals surface area contributed by atoms with Gasteiger partial charge in [0, 0.05) is 0 Å². The van der Waals surface area contributed by atoms with E-state index in [1.54, 1.807) is 31.2 Å². The summed E-state index contributed by atoms with van der Waals surface area (Å²) in [4.78, 5) is 11.3. The van der Waals surface area contributed by atoms with E-state index < -0.39 is 0 Å². The summed E-state index contributed by atoms with van der Waals surface area (Å²) >= 11 is 0. The maximum absolute atomic E-state index is 11.3. The second kappa shape index (κ2) is 2.94. The minimum Gasteiger partial charge on any atom is -0.425 e. The van der Waals surface area contributed by atoms with E-state index in [9.17, 15) is 4.79 Å². The summed E-state index contributed by atoms with van der Waals surface area (Å²) in [6, 6.07) is 6.98. The Labute approximate surface area is 75.6 Å². The highest BCUT2D eigenvalue weighted by atomic mass is 16.7. The van der Waals surface area contributed by atoms with E-state index in [0.29, 0.717) is 11.3 Å². The molecular formula is C10H8O3. The smallest absolute Gasteiger partial charge is 0.349 e. The Bertz CT molecular complexity index is 380.